The molecule has 0 unspecified atom stereocenters. The van der Waals surface area contributed by atoms with E-state index in [2.05, 4.69) is 23.0 Å². The molecule has 2 aromatic rings. The fraction of sp³-hybridized carbons (Fsp3) is 0.538. The first-order valence-corrected chi connectivity index (χ1v) is 7.11. The highest BCUT2D eigenvalue weighted by molar-refractivity contribution is 7.18. The molecule has 0 bridgehead atoms. The van der Waals surface area contributed by atoms with Crippen molar-refractivity contribution in [3.05, 3.63) is 10.9 Å². The monoisotopic (exact) mass is 280 g/mol. The van der Waals surface area contributed by atoms with Gasteiger partial charge in [-0.2, -0.15) is 4.98 Å². The molecule has 0 aromatic carbocycles. The summed E-state index contributed by atoms with van der Waals surface area (Å²) in [6.07, 6.45) is 0.968. The van der Waals surface area contributed by atoms with Crippen LogP contribution in [0.3, 0.4) is 0 Å². The summed E-state index contributed by atoms with van der Waals surface area (Å²) in [4.78, 5) is 12.7. The molecule has 0 saturated heterocycles. The number of rotatable bonds is 4. The standard InChI is InChI=1S/C13H20N4OS/c1-5-8-6-9-10(17(4)7-13(2,3)18)15-12(14)16-11(9)19-8/h6,18H,5,7H2,1-4H3,(H2,14,15,16). The minimum absolute atomic E-state index is 0.273. The highest BCUT2D eigenvalue weighted by atomic mass is 32.1. The van der Waals surface area contributed by atoms with Crippen LogP contribution in [0, 0.1) is 0 Å². The summed E-state index contributed by atoms with van der Waals surface area (Å²) in [5, 5.41) is 10.9. The van der Waals surface area contributed by atoms with Crippen LogP contribution in [0.25, 0.3) is 10.2 Å². The van der Waals surface area contributed by atoms with Crippen molar-refractivity contribution in [2.45, 2.75) is 32.8 Å². The van der Waals surface area contributed by atoms with E-state index in [4.69, 9.17) is 5.73 Å². The van der Waals surface area contributed by atoms with E-state index in [1.807, 2.05) is 11.9 Å². The lowest BCUT2D eigenvalue weighted by molar-refractivity contribution is 0.0885. The maximum absolute atomic E-state index is 9.93. The van der Waals surface area contributed by atoms with Crippen molar-refractivity contribution in [1.82, 2.24) is 9.97 Å². The molecule has 0 aliphatic rings. The second-order valence-electron chi connectivity index (χ2n) is 5.36. The van der Waals surface area contributed by atoms with Crippen LogP contribution < -0.4 is 10.6 Å². The number of aromatic nitrogens is 2. The lowest BCUT2D eigenvalue weighted by Gasteiger charge is -2.26. The van der Waals surface area contributed by atoms with E-state index >= 15 is 0 Å². The summed E-state index contributed by atoms with van der Waals surface area (Å²) in [6, 6.07) is 2.11. The van der Waals surface area contributed by atoms with E-state index in [-0.39, 0.29) is 5.95 Å². The van der Waals surface area contributed by atoms with Crippen molar-refractivity contribution in [3.63, 3.8) is 0 Å². The third-order valence-electron chi connectivity index (χ3n) is 2.78. The third kappa shape index (κ3) is 3.13. The predicted molar refractivity (Wildman–Crippen MR) is 80.8 cm³/mol. The molecule has 0 spiro atoms. The van der Waals surface area contributed by atoms with Crippen LogP contribution in [-0.4, -0.2) is 34.3 Å². The number of nitrogen functional groups attached to an aromatic ring is 1. The van der Waals surface area contributed by atoms with Gasteiger partial charge in [0.2, 0.25) is 5.95 Å². The summed E-state index contributed by atoms with van der Waals surface area (Å²) in [7, 11) is 1.91. The van der Waals surface area contributed by atoms with Crippen LogP contribution >= 0.6 is 11.3 Å². The smallest absolute Gasteiger partial charge is 0.223 e. The third-order valence-corrected chi connectivity index (χ3v) is 3.95. The number of aryl methyl sites for hydroxylation is 1. The summed E-state index contributed by atoms with van der Waals surface area (Å²) in [5.74, 6) is 1.05. The van der Waals surface area contributed by atoms with Gasteiger partial charge < -0.3 is 15.7 Å². The number of hydrogen-bond donors (Lipinski definition) is 2. The highest BCUT2D eigenvalue weighted by Gasteiger charge is 2.20. The maximum Gasteiger partial charge on any atom is 0.223 e. The zero-order valence-electron chi connectivity index (χ0n) is 11.8. The number of fused-ring (bicyclic) bond motifs is 1. The molecule has 0 atom stereocenters. The zero-order chi connectivity index (χ0) is 14.2. The van der Waals surface area contributed by atoms with Crippen LogP contribution in [0.2, 0.25) is 0 Å². The normalized spacial score (nSPS) is 12.1. The zero-order valence-corrected chi connectivity index (χ0v) is 12.6. The quantitative estimate of drug-likeness (QED) is 0.896. The predicted octanol–water partition coefficient (Wildman–Crippen LogP) is 2.04. The molecule has 19 heavy (non-hydrogen) atoms. The van der Waals surface area contributed by atoms with Crippen molar-refractivity contribution in [2.24, 2.45) is 0 Å². The molecule has 5 nitrogen and oxygen atoms in total. The van der Waals surface area contributed by atoms with Crippen molar-refractivity contribution < 1.29 is 5.11 Å². The first-order chi connectivity index (χ1) is 8.80. The average Bonchev–Trinajstić information content (AvgIpc) is 2.68. The Kier molecular flexibility index (Phi) is 3.64. The molecule has 0 amide bonds. The molecule has 2 heterocycles. The Morgan fingerprint density at radius 3 is 2.68 bits per heavy atom. The van der Waals surface area contributed by atoms with Gasteiger partial charge in [0.15, 0.2) is 0 Å². The van der Waals surface area contributed by atoms with E-state index in [0.29, 0.717) is 6.54 Å². The first kappa shape index (κ1) is 14.0. The van der Waals surface area contributed by atoms with Gasteiger partial charge in [0.05, 0.1) is 11.0 Å². The second kappa shape index (κ2) is 4.94. The minimum Gasteiger partial charge on any atom is -0.389 e. The summed E-state index contributed by atoms with van der Waals surface area (Å²) >= 11 is 1.64. The van der Waals surface area contributed by atoms with E-state index in [0.717, 1.165) is 22.5 Å². The summed E-state index contributed by atoms with van der Waals surface area (Å²) in [6.45, 7) is 6.14. The molecule has 0 saturated carbocycles. The van der Waals surface area contributed by atoms with Crippen molar-refractivity contribution in [1.29, 1.82) is 0 Å². The number of likely N-dealkylation sites (N-methyl/N-ethyl adjacent to an activating group) is 1. The lowest BCUT2D eigenvalue weighted by Crippen LogP contribution is -2.36. The number of nitrogens with zero attached hydrogens (tertiary/aromatic N) is 3. The number of aliphatic hydroxyl groups is 1. The molecular weight excluding hydrogens is 260 g/mol. The summed E-state index contributed by atoms with van der Waals surface area (Å²) in [5.41, 5.74) is 4.98. The Balaban J connectivity index is 2.49. The van der Waals surface area contributed by atoms with E-state index in [1.54, 1.807) is 25.2 Å². The SMILES string of the molecule is CCc1cc2c(N(C)CC(C)(C)O)nc(N)nc2s1. The highest BCUT2D eigenvalue weighted by Crippen LogP contribution is 2.31. The number of nitrogens with two attached hydrogens (primary N) is 1. The lowest BCUT2D eigenvalue weighted by atomic mass is 10.1. The van der Waals surface area contributed by atoms with Gasteiger partial charge in [-0.15, -0.1) is 11.3 Å². The number of hydrogen-bond acceptors (Lipinski definition) is 6. The van der Waals surface area contributed by atoms with Gasteiger partial charge >= 0.3 is 0 Å². The number of thiophene rings is 1. The average molecular weight is 280 g/mol. The Morgan fingerprint density at radius 1 is 1.42 bits per heavy atom. The molecule has 2 rings (SSSR count). The largest absolute Gasteiger partial charge is 0.389 e. The van der Waals surface area contributed by atoms with Gasteiger partial charge in [0.25, 0.3) is 0 Å². The Morgan fingerprint density at radius 2 is 2.11 bits per heavy atom. The minimum atomic E-state index is -0.787. The Labute approximate surface area is 117 Å². The molecule has 0 aliphatic carbocycles. The molecular formula is C13H20N4OS. The van der Waals surface area contributed by atoms with Crippen LogP contribution in [0.4, 0.5) is 11.8 Å². The fourth-order valence-electron chi connectivity index (χ4n) is 2.09. The van der Waals surface area contributed by atoms with Crippen LogP contribution in [0.1, 0.15) is 25.6 Å². The van der Waals surface area contributed by atoms with Crippen LogP contribution in [0.5, 0.6) is 0 Å². The van der Waals surface area contributed by atoms with E-state index in [9.17, 15) is 5.11 Å². The van der Waals surface area contributed by atoms with Crippen molar-refractivity contribution >= 4 is 33.3 Å². The van der Waals surface area contributed by atoms with Gasteiger partial charge in [-0.25, -0.2) is 4.98 Å². The van der Waals surface area contributed by atoms with Gasteiger partial charge in [0.1, 0.15) is 10.6 Å². The van der Waals surface area contributed by atoms with Gasteiger partial charge in [-0.1, -0.05) is 6.92 Å². The van der Waals surface area contributed by atoms with Crippen LogP contribution in [-0.2, 0) is 6.42 Å². The van der Waals surface area contributed by atoms with Crippen molar-refractivity contribution in [3.8, 4) is 0 Å². The molecule has 2 aromatic heterocycles. The van der Waals surface area contributed by atoms with E-state index in [1.165, 1.54) is 4.88 Å². The second-order valence-corrected chi connectivity index (χ2v) is 6.47. The number of anilines is 2. The molecule has 3 N–H and O–H groups in total. The summed E-state index contributed by atoms with van der Waals surface area (Å²) < 4.78 is 0. The van der Waals surface area contributed by atoms with E-state index < -0.39 is 5.60 Å². The Hall–Kier alpha value is -1.40. The van der Waals surface area contributed by atoms with Crippen molar-refractivity contribution in [2.75, 3.05) is 24.2 Å². The van der Waals surface area contributed by atoms with Crippen LogP contribution in [0.15, 0.2) is 6.07 Å². The molecule has 0 fully saturated rings. The molecule has 0 radical (unpaired) electrons. The topological polar surface area (TPSA) is 75.3 Å². The molecule has 6 heteroatoms. The molecule has 0 aliphatic heterocycles. The van der Waals surface area contributed by atoms with Gasteiger partial charge in [-0.3, -0.25) is 0 Å². The van der Waals surface area contributed by atoms with Gasteiger partial charge in [0, 0.05) is 18.5 Å². The fourth-order valence-corrected chi connectivity index (χ4v) is 3.06. The Bertz CT molecular complexity index is 588. The first-order valence-electron chi connectivity index (χ1n) is 6.29. The maximum atomic E-state index is 9.93. The van der Waals surface area contributed by atoms with Gasteiger partial charge in [-0.05, 0) is 26.3 Å². The molecule has 104 valence electrons.